The molecular formula is C12H15N3O4. The zero-order valence-electron chi connectivity index (χ0n) is 10.4. The van der Waals surface area contributed by atoms with Crippen molar-refractivity contribution >= 4 is 0 Å². The van der Waals surface area contributed by atoms with Crippen molar-refractivity contribution in [1.82, 2.24) is 10.1 Å². The summed E-state index contributed by atoms with van der Waals surface area (Å²) in [5.41, 5.74) is 6.70. The van der Waals surface area contributed by atoms with Gasteiger partial charge in [-0.25, -0.2) is 0 Å². The van der Waals surface area contributed by atoms with Crippen LogP contribution in [0, 0.1) is 0 Å². The topological polar surface area (TPSA) is 115 Å². The Morgan fingerprint density at radius 3 is 2.84 bits per heavy atom. The maximum atomic E-state index is 9.40. The summed E-state index contributed by atoms with van der Waals surface area (Å²) >= 11 is 0. The Balaban J connectivity index is 2.06. The highest BCUT2D eigenvalue weighted by Gasteiger charge is 2.16. The summed E-state index contributed by atoms with van der Waals surface area (Å²) in [5, 5.41) is 22.3. The van der Waals surface area contributed by atoms with E-state index in [9.17, 15) is 10.2 Å². The van der Waals surface area contributed by atoms with Crippen molar-refractivity contribution in [3.63, 3.8) is 0 Å². The maximum absolute atomic E-state index is 9.40. The third-order valence-electron chi connectivity index (χ3n) is 2.57. The van der Waals surface area contributed by atoms with Gasteiger partial charge in [-0.05, 0) is 24.1 Å². The summed E-state index contributed by atoms with van der Waals surface area (Å²) in [7, 11) is 1.54. The van der Waals surface area contributed by atoms with Crippen LogP contribution in [-0.2, 0) is 17.8 Å². The number of ether oxygens (including phenoxy) is 1. The molecule has 0 bridgehead atoms. The average molecular weight is 265 g/mol. The van der Waals surface area contributed by atoms with E-state index in [2.05, 4.69) is 10.1 Å². The largest absolute Gasteiger partial charge is 0.504 e. The van der Waals surface area contributed by atoms with Crippen molar-refractivity contribution in [2.45, 2.75) is 19.1 Å². The van der Waals surface area contributed by atoms with Gasteiger partial charge in [-0.15, -0.1) is 0 Å². The fraction of sp³-hybridized carbons (Fsp3) is 0.333. The van der Waals surface area contributed by atoms with Crippen LogP contribution in [0.4, 0.5) is 0 Å². The molecule has 0 spiro atoms. The van der Waals surface area contributed by atoms with Gasteiger partial charge in [0.25, 0.3) is 0 Å². The third kappa shape index (κ3) is 3.21. The molecule has 7 heteroatoms. The predicted octanol–water partition coefficient (Wildman–Crippen LogP) is 0.870. The van der Waals surface area contributed by atoms with Crippen LogP contribution in [0.25, 0.3) is 0 Å². The van der Waals surface area contributed by atoms with Crippen molar-refractivity contribution in [2.24, 2.45) is 5.73 Å². The van der Waals surface area contributed by atoms with E-state index < -0.39 is 6.04 Å². The van der Waals surface area contributed by atoms with Gasteiger partial charge in [0.1, 0.15) is 6.61 Å². The molecular weight excluding hydrogens is 250 g/mol. The molecule has 19 heavy (non-hydrogen) atoms. The minimum atomic E-state index is -0.484. The first-order valence-corrected chi connectivity index (χ1v) is 5.68. The van der Waals surface area contributed by atoms with E-state index in [0.29, 0.717) is 18.1 Å². The molecule has 0 aliphatic rings. The minimum absolute atomic E-state index is 0.169. The maximum Gasteiger partial charge on any atom is 0.243 e. The lowest BCUT2D eigenvalue weighted by atomic mass is 10.1. The fourth-order valence-electron chi connectivity index (χ4n) is 1.64. The second-order valence-corrected chi connectivity index (χ2v) is 4.12. The van der Waals surface area contributed by atoms with E-state index in [-0.39, 0.29) is 18.1 Å². The van der Waals surface area contributed by atoms with Gasteiger partial charge < -0.3 is 25.2 Å². The molecule has 0 saturated carbocycles. The van der Waals surface area contributed by atoms with E-state index in [1.165, 1.54) is 19.2 Å². The van der Waals surface area contributed by atoms with Crippen molar-refractivity contribution < 1.29 is 19.5 Å². The molecule has 7 nitrogen and oxygen atoms in total. The highest BCUT2D eigenvalue weighted by atomic mass is 16.5. The Morgan fingerprint density at radius 1 is 1.37 bits per heavy atom. The summed E-state index contributed by atoms with van der Waals surface area (Å²) < 4.78 is 9.91. The molecule has 1 heterocycles. The van der Waals surface area contributed by atoms with E-state index in [1.807, 2.05) is 0 Å². The molecule has 1 atom stereocenters. The fourth-order valence-corrected chi connectivity index (χ4v) is 1.64. The van der Waals surface area contributed by atoms with Gasteiger partial charge in [0.05, 0.1) is 6.04 Å². The van der Waals surface area contributed by atoms with Gasteiger partial charge >= 0.3 is 0 Å². The van der Waals surface area contributed by atoms with Crippen molar-refractivity contribution in [1.29, 1.82) is 0 Å². The quantitative estimate of drug-likeness (QED) is 0.687. The number of phenolic OH excluding ortho intramolecular Hbond substituents is 2. The normalized spacial score (nSPS) is 12.5. The Morgan fingerprint density at radius 2 is 2.16 bits per heavy atom. The van der Waals surface area contributed by atoms with E-state index in [0.717, 1.165) is 5.56 Å². The number of hydrogen-bond acceptors (Lipinski definition) is 7. The first kappa shape index (κ1) is 13.3. The number of rotatable bonds is 5. The Labute approximate surface area is 109 Å². The number of aromatic nitrogens is 2. The van der Waals surface area contributed by atoms with Crippen LogP contribution in [-0.4, -0.2) is 27.5 Å². The summed E-state index contributed by atoms with van der Waals surface area (Å²) in [6.45, 7) is 0.260. The third-order valence-corrected chi connectivity index (χ3v) is 2.57. The molecule has 0 aliphatic heterocycles. The molecule has 4 N–H and O–H groups in total. The predicted molar refractivity (Wildman–Crippen MR) is 65.4 cm³/mol. The molecule has 0 saturated heterocycles. The van der Waals surface area contributed by atoms with Crippen LogP contribution in [0.1, 0.15) is 23.3 Å². The van der Waals surface area contributed by atoms with Crippen molar-refractivity contribution in [3.8, 4) is 11.5 Å². The number of methoxy groups -OCH3 is 1. The molecule has 0 aliphatic carbocycles. The molecule has 0 fully saturated rings. The lowest BCUT2D eigenvalue weighted by Gasteiger charge is -2.07. The van der Waals surface area contributed by atoms with E-state index in [4.69, 9.17) is 15.0 Å². The zero-order chi connectivity index (χ0) is 13.8. The van der Waals surface area contributed by atoms with Crippen LogP contribution >= 0.6 is 0 Å². The van der Waals surface area contributed by atoms with E-state index in [1.54, 1.807) is 6.07 Å². The standard InChI is InChI=1S/C12H15N3O4/c1-18-6-11-14-12(19-15-11)8(13)4-7-2-3-9(16)10(17)5-7/h2-3,5,8,16-17H,4,6,13H2,1H3. The molecule has 1 unspecified atom stereocenters. The Hall–Kier alpha value is -2.12. The monoisotopic (exact) mass is 265 g/mol. The van der Waals surface area contributed by atoms with Crippen LogP contribution in [0.3, 0.4) is 0 Å². The molecule has 0 radical (unpaired) electrons. The van der Waals surface area contributed by atoms with Crippen molar-refractivity contribution in [3.05, 3.63) is 35.5 Å². The minimum Gasteiger partial charge on any atom is -0.504 e. The van der Waals surface area contributed by atoms with Crippen LogP contribution in [0.15, 0.2) is 22.7 Å². The Bertz CT molecular complexity index is 556. The van der Waals surface area contributed by atoms with Gasteiger partial charge in [-0.1, -0.05) is 11.2 Å². The molecule has 102 valence electrons. The SMILES string of the molecule is COCc1noc(C(N)Cc2ccc(O)c(O)c2)n1. The summed E-state index contributed by atoms with van der Waals surface area (Å²) in [6.07, 6.45) is 0.405. The highest BCUT2D eigenvalue weighted by Crippen LogP contribution is 2.26. The number of hydrogen-bond donors (Lipinski definition) is 3. The first-order valence-electron chi connectivity index (χ1n) is 5.68. The summed E-state index contributed by atoms with van der Waals surface area (Å²) in [6, 6.07) is 4.03. The lowest BCUT2D eigenvalue weighted by molar-refractivity contribution is 0.174. The highest BCUT2D eigenvalue weighted by molar-refractivity contribution is 5.40. The zero-order valence-corrected chi connectivity index (χ0v) is 10.4. The molecule has 2 aromatic rings. The van der Waals surface area contributed by atoms with Crippen molar-refractivity contribution in [2.75, 3.05) is 7.11 Å². The number of aromatic hydroxyl groups is 2. The first-order chi connectivity index (χ1) is 9.10. The molecule has 2 rings (SSSR count). The van der Waals surface area contributed by atoms with Gasteiger partial charge in [-0.3, -0.25) is 0 Å². The second kappa shape index (κ2) is 5.68. The van der Waals surface area contributed by atoms with Gasteiger partial charge in [0, 0.05) is 7.11 Å². The Kier molecular flexibility index (Phi) is 3.98. The molecule has 1 aromatic heterocycles. The number of nitrogens with zero attached hydrogens (tertiary/aromatic N) is 2. The smallest absolute Gasteiger partial charge is 0.243 e. The van der Waals surface area contributed by atoms with Crippen LogP contribution < -0.4 is 5.73 Å². The summed E-state index contributed by atoms with van der Waals surface area (Å²) in [4.78, 5) is 4.10. The number of benzene rings is 1. The number of phenols is 2. The van der Waals surface area contributed by atoms with E-state index >= 15 is 0 Å². The average Bonchev–Trinajstić information content (AvgIpc) is 2.83. The van der Waals surface area contributed by atoms with Gasteiger partial charge in [0.2, 0.25) is 5.89 Å². The molecule has 0 amide bonds. The van der Waals surface area contributed by atoms with Crippen LogP contribution in [0.2, 0.25) is 0 Å². The summed E-state index contributed by atoms with van der Waals surface area (Å²) in [5.74, 6) is 0.383. The van der Waals surface area contributed by atoms with Gasteiger partial charge in [-0.2, -0.15) is 4.98 Å². The second-order valence-electron chi connectivity index (χ2n) is 4.12. The lowest BCUT2D eigenvalue weighted by Crippen LogP contribution is -2.13. The molecule has 1 aromatic carbocycles. The van der Waals surface area contributed by atoms with Gasteiger partial charge in [0.15, 0.2) is 17.3 Å². The number of nitrogens with two attached hydrogens (primary N) is 1. The van der Waals surface area contributed by atoms with Crippen LogP contribution in [0.5, 0.6) is 11.5 Å².